The second-order valence-electron chi connectivity index (χ2n) is 4.74. The fraction of sp³-hybridized carbons (Fsp3) is 0.111. The van der Waals surface area contributed by atoms with Crippen LogP contribution >= 0.6 is 0 Å². The molecule has 2 N–H and O–H groups in total. The van der Waals surface area contributed by atoms with Gasteiger partial charge >= 0.3 is 0 Å². The monoisotopic (exact) mass is 294 g/mol. The molecule has 2 aromatic rings. The molecular weight excluding hydrogens is 276 g/mol. The van der Waals surface area contributed by atoms with E-state index in [9.17, 15) is 9.59 Å². The zero-order valence-corrected chi connectivity index (χ0v) is 12.2. The molecule has 4 nitrogen and oxygen atoms in total. The van der Waals surface area contributed by atoms with Crippen LogP contribution in [-0.2, 0) is 22.7 Å². The molecule has 2 aromatic carbocycles. The lowest BCUT2D eigenvalue weighted by atomic mass is 10.2. The summed E-state index contributed by atoms with van der Waals surface area (Å²) in [7, 11) is 0. The topological polar surface area (TPSA) is 58.2 Å². The molecule has 0 atom stereocenters. The molecule has 0 aliphatic heterocycles. The van der Waals surface area contributed by atoms with Gasteiger partial charge < -0.3 is 10.6 Å². The van der Waals surface area contributed by atoms with Crippen molar-refractivity contribution in [2.75, 3.05) is 0 Å². The summed E-state index contributed by atoms with van der Waals surface area (Å²) in [5.74, 6) is -0.586. The second-order valence-corrected chi connectivity index (χ2v) is 4.74. The van der Waals surface area contributed by atoms with E-state index in [0.29, 0.717) is 13.1 Å². The Labute approximate surface area is 129 Å². The van der Waals surface area contributed by atoms with Crippen molar-refractivity contribution in [1.29, 1.82) is 0 Å². The molecule has 0 aliphatic rings. The molecule has 2 amide bonds. The minimum Gasteiger partial charge on any atom is -0.348 e. The van der Waals surface area contributed by atoms with Crippen LogP contribution in [0.5, 0.6) is 0 Å². The van der Waals surface area contributed by atoms with Crippen LogP contribution in [0.3, 0.4) is 0 Å². The predicted octanol–water partition coefficient (Wildman–Crippen LogP) is 2.18. The Morgan fingerprint density at radius 1 is 0.682 bits per heavy atom. The van der Waals surface area contributed by atoms with Gasteiger partial charge in [0.1, 0.15) is 0 Å². The predicted molar refractivity (Wildman–Crippen MR) is 85.7 cm³/mol. The first-order valence-corrected chi connectivity index (χ1v) is 7.05. The molecule has 0 fully saturated rings. The smallest absolute Gasteiger partial charge is 0.244 e. The van der Waals surface area contributed by atoms with Gasteiger partial charge in [-0.2, -0.15) is 0 Å². The largest absolute Gasteiger partial charge is 0.348 e. The standard InChI is InChI=1S/C18H18N2O2/c21-17(19-13-15-7-3-1-4-8-15)11-12-18(22)20-14-16-9-5-2-6-10-16/h1-12H,13-14H2,(H,19,21)(H,20,22)/b12-11+. The lowest BCUT2D eigenvalue weighted by Gasteiger charge is -2.03. The van der Waals surface area contributed by atoms with E-state index in [1.807, 2.05) is 60.7 Å². The van der Waals surface area contributed by atoms with Crippen molar-refractivity contribution >= 4 is 11.8 Å². The summed E-state index contributed by atoms with van der Waals surface area (Å²) in [6, 6.07) is 19.2. The number of carbonyl (C=O) groups is 2. The second kappa shape index (κ2) is 8.42. The van der Waals surface area contributed by atoms with Crippen LogP contribution in [0.2, 0.25) is 0 Å². The lowest BCUT2D eigenvalue weighted by molar-refractivity contribution is -0.118. The summed E-state index contributed by atoms with van der Waals surface area (Å²) in [5.41, 5.74) is 2.02. The maximum atomic E-state index is 11.6. The van der Waals surface area contributed by atoms with Gasteiger partial charge in [-0.05, 0) is 11.1 Å². The van der Waals surface area contributed by atoms with Crippen LogP contribution in [0.15, 0.2) is 72.8 Å². The fourth-order valence-electron chi connectivity index (χ4n) is 1.84. The molecule has 0 radical (unpaired) electrons. The molecule has 0 bridgehead atoms. The van der Waals surface area contributed by atoms with Crippen molar-refractivity contribution in [2.24, 2.45) is 0 Å². The van der Waals surface area contributed by atoms with Crippen LogP contribution in [-0.4, -0.2) is 11.8 Å². The van der Waals surface area contributed by atoms with Gasteiger partial charge in [-0.25, -0.2) is 0 Å². The summed E-state index contributed by atoms with van der Waals surface area (Å²) < 4.78 is 0. The van der Waals surface area contributed by atoms with Crippen LogP contribution < -0.4 is 10.6 Å². The summed E-state index contributed by atoms with van der Waals surface area (Å²) in [5, 5.41) is 5.44. The van der Waals surface area contributed by atoms with E-state index >= 15 is 0 Å². The quantitative estimate of drug-likeness (QED) is 0.802. The van der Waals surface area contributed by atoms with Crippen molar-refractivity contribution in [2.45, 2.75) is 13.1 Å². The zero-order valence-electron chi connectivity index (χ0n) is 12.2. The first-order chi connectivity index (χ1) is 10.7. The van der Waals surface area contributed by atoms with Crippen molar-refractivity contribution in [3.05, 3.63) is 83.9 Å². The van der Waals surface area contributed by atoms with Crippen LogP contribution in [0, 0.1) is 0 Å². The third kappa shape index (κ3) is 5.63. The number of hydrogen-bond acceptors (Lipinski definition) is 2. The molecule has 2 rings (SSSR count). The lowest BCUT2D eigenvalue weighted by Crippen LogP contribution is -2.23. The molecule has 112 valence electrons. The Morgan fingerprint density at radius 3 is 1.41 bits per heavy atom. The number of benzene rings is 2. The van der Waals surface area contributed by atoms with E-state index in [0.717, 1.165) is 11.1 Å². The highest BCUT2D eigenvalue weighted by molar-refractivity contribution is 5.96. The first-order valence-electron chi connectivity index (χ1n) is 7.05. The van der Waals surface area contributed by atoms with Gasteiger partial charge in [0.25, 0.3) is 0 Å². The van der Waals surface area contributed by atoms with Crippen LogP contribution in [0.1, 0.15) is 11.1 Å². The number of nitrogens with one attached hydrogen (secondary N) is 2. The summed E-state index contributed by atoms with van der Waals surface area (Å²) in [6.45, 7) is 0.880. The summed E-state index contributed by atoms with van der Waals surface area (Å²) >= 11 is 0. The van der Waals surface area contributed by atoms with E-state index in [2.05, 4.69) is 10.6 Å². The highest BCUT2D eigenvalue weighted by atomic mass is 16.2. The number of carbonyl (C=O) groups excluding carboxylic acids is 2. The van der Waals surface area contributed by atoms with E-state index in [1.165, 1.54) is 12.2 Å². The average molecular weight is 294 g/mol. The third-order valence-corrected chi connectivity index (χ3v) is 3.01. The van der Waals surface area contributed by atoms with Crippen LogP contribution in [0.4, 0.5) is 0 Å². The van der Waals surface area contributed by atoms with E-state index < -0.39 is 0 Å². The van der Waals surface area contributed by atoms with Crippen molar-refractivity contribution < 1.29 is 9.59 Å². The van der Waals surface area contributed by atoms with Gasteiger partial charge in [0.15, 0.2) is 0 Å². The van der Waals surface area contributed by atoms with Gasteiger partial charge in [0, 0.05) is 25.2 Å². The van der Waals surface area contributed by atoms with Gasteiger partial charge in [-0.15, -0.1) is 0 Å². The van der Waals surface area contributed by atoms with Gasteiger partial charge in [0.05, 0.1) is 0 Å². The SMILES string of the molecule is O=C(/C=C/C(=O)NCc1ccccc1)NCc1ccccc1. The van der Waals surface area contributed by atoms with Crippen molar-refractivity contribution in [1.82, 2.24) is 10.6 Å². The average Bonchev–Trinajstić information content (AvgIpc) is 2.58. The highest BCUT2D eigenvalue weighted by Crippen LogP contribution is 1.98. The minimum absolute atomic E-state index is 0.293. The molecular formula is C18H18N2O2. The van der Waals surface area contributed by atoms with E-state index in [4.69, 9.17) is 0 Å². The van der Waals surface area contributed by atoms with E-state index in [1.54, 1.807) is 0 Å². The van der Waals surface area contributed by atoms with Gasteiger partial charge in [0.2, 0.25) is 11.8 Å². The molecule has 0 saturated carbocycles. The summed E-state index contributed by atoms with van der Waals surface area (Å²) in [4.78, 5) is 23.2. The highest BCUT2D eigenvalue weighted by Gasteiger charge is 1.99. The molecule has 4 heteroatoms. The number of amides is 2. The molecule has 0 spiro atoms. The van der Waals surface area contributed by atoms with Crippen molar-refractivity contribution in [3.63, 3.8) is 0 Å². The maximum absolute atomic E-state index is 11.6. The zero-order chi connectivity index (χ0) is 15.6. The first kappa shape index (κ1) is 15.5. The Kier molecular flexibility index (Phi) is 5.93. The third-order valence-electron chi connectivity index (χ3n) is 3.01. The van der Waals surface area contributed by atoms with Gasteiger partial charge in [-0.1, -0.05) is 60.7 Å². The minimum atomic E-state index is -0.293. The maximum Gasteiger partial charge on any atom is 0.244 e. The van der Waals surface area contributed by atoms with E-state index in [-0.39, 0.29) is 11.8 Å². The number of hydrogen-bond donors (Lipinski definition) is 2. The van der Waals surface area contributed by atoms with Gasteiger partial charge in [-0.3, -0.25) is 9.59 Å². The normalized spacial score (nSPS) is 10.4. The molecule has 0 saturated heterocycles. The molecule has 0 aliphatic carbocycles. The summed E-state index contributed by atoms with van der Waals surface area (Å²) in [6.07, 6.45) is 2.48. The molecule has 0 unspecified atom stereocenters. The number of rotatable bonds is 6. The molecule has 0 heterocycles. The Morgan fingerprint density at radius 2 is 1.05 bits per heavy atom. The Bertz CT molecular complexity index is 579. The van der Waals surface area contributed by atoms with Crippen LogP contribution in [0.25, 0.3) is 0 Å². The molecule has 0 aromatic heterocycles. The van der Waals surface area contributed by atoms with Crippen molar-refractivity contribution in [3.8, 4) is 0 Å². The Hall–Kier alpha value is -2.88. The fourth-order valence-corrected chi connectivity index (χ4v) is 1.84. The Balaban J connectivity index is 1.71. The molecule has 22 heavy (non-hydrogen) atoms.